The SMILES string of the molecule is C\C=C(/C=c1/c(OC)c(C(=O)OCc2ccccc2)c(=O)n(CCN2CCOCC2)/c1=C\CC)c1ccc(F)cc1. The van der Waals surface area contributed by atoms with E-state index in [1.807, 2.05) is 62.4 Å². The molecule has 1 aliphatic rings. The fourth-order valence-corrected chi connectivity index (χ4v) is 4.90. The summed E-state index contributed by atoms with van der Waals surface area (Å²) in [7, 11) is 1.45. The van der Waals surface area contributed by atoms with Crippen molar-refractivity contribution in [2.45, 2.75) is 33.4 Å². The van der Waals surface area contributed by atoms with Crippen LogP contribution in [0.3, 0.4) is 0 Å². The number of methoxy groups -OCH3 is 1. The molecule has 0 atom stereocenters. The number of benzene rings is 2. The lowest BCUT2D eigenvalue weighted by Crippen LogP contribution is -2.49. The van der Waals surface area contributed by atoms with Crippen molar-refractivity contribution < 1.29 is 23.4 Å². The molecule has 0 N–H and O–H groups in total. The number of aromatic nitrogens is 1. The molecule has 0 radical (unpaired) electrons. The van der Waals surface area contributed by atoms with Gasteiger partial charge in [-0.1, -0.05) is 61.5 Å². The van der Waals surface area contributed by atoms with Crippen LogP contribution in [0.4, 0.5) is 4.39 Å². The number of ether oxygens (including phenoxy) is 3. The zero-order valence-corrected chi connectivity index (χ0v) is 23.9. The minimum absolute atomic E-state index is 0.0215. The molecule has 0 saturated carbocycles. The van der Waals surface area contributed by atoms with Gasteiger partial charge in [0.2, 0.25) is 0 Å². The van der Waals surface area contributed by atoms with Gasteiger partial charge in [0.1, 0.15) is 18.2 Å². The topological polar surface area (TPSA) is 70.0 Å². The third-order valence-corrected chi connectivity index (χ3v) is 7.05. The molecule has 1 aromatic heterocycles. The summed E-state index contributed by atoms with van der Waals surface area (Å²) < 4.78 is 32.2. The van der Waals surface area contributed by atoms with Crippen LogP contribution < -0.4 is 20.9 Å². The van der Waals surface area contributed by atoms with Crippen LogP contribution in [0.15, 0.2) is 65.5 Å². The van der Waals surface area contributed by atoms with Crippen LogP contribution in [-0.2, 0) is 22.6 Å². The molecule has 0 spiro atoms. The number of rotatable bonds is 10. The third kappa shape index (κ3) is 7.39. The number of nitrogens with zero attached hydrogens (tertiary/aromatic N) is 2. The zero-order valence-electron chi connectivity index (χ0n) is 23.9. The number of hydrogen-bond donors (Lipinski definition) is 0. The van der Waals surface area contributed by atoms with Gasteiger partial charge in [0.25, 0.3) is 5.56 Å². The highest BCUT2D eigenvalue weighted by molar-refractivity contribution is 5.94. The number of morpholine rings is 1. The fourth-order valence-electron chi connectivity index (χ4n) is 4.90. The first-order chi connectivity index (χ1) is 20.0. The van der Waals surface area contributed by atoms with Gasteiger partial charge in [-0.2, -0.15) is 0 Å². The highest BCUT2D eigenvalue weighted by Crippen LogP contribution is 2.18. The van der Waals surface area contributed by atoms with Gasteiger partial charge in [-0.25, -0.2) is 9.18 Å². The molecule has 1 aliphatic heterocycles. The second-order valence-corrected chi connectivity index (χ2v) is 9.69. The van der Waals surface area contributed by atoms with Crippen molar-refractivity contribution in [2.75, 3.05) is 40.0 Å². The molecule has 2 heterocycles. The van der Waals surface area contributed by atoms with Gasteiger partial charge in [-0.3, -0.25) is 9.69 Å². The van der Waals surface area contributed by atoms with E-state index < -0.39 is 11.5 Å². The first kappa shape index (κ1) is 30.0. The van der Waals surface area contributed by atoms with E-state index in [1.54, 1.807) is 16.7 Å². The summed E-state index contributed by atoms with van der Waals surface area (Å²) in [5.74, 6) is -0.934. The standard InChI is InChI=1S/C33H37FN2O5/c1-4-9-29-28(22-25(5-2)26-12-14-27(34)15-13-26)31(39-3)30(33(38)41-23-24-10-7-6-8-11-24)32(37)36(29)17-16-35-18-20-40-21-19-35/h5-15,22H,4,16-21,23H2,1-3H3/b25-5+,28-22+,29-9-. The van der Waals surface area contributed by atoms with Gasteiger partial charge in [-0.15, -0.1) is 0 Å². The molecule has 1 saturated heterocycles. The maximum absolute atomic E-state index is 14.0. The minimum atomic E-state index is -0.752. The van der Waals surface area contributed by atoms with Crippen LogP contribution in [0.25, 0.3) is 17.7 Å². The molecule has 2 aromatic carbocycles. The second-order valence-electron chi connectivity index (χ2n) is 9.69. The number of pyridine rings is 1. The number of carbonyl (C=O) groups excluding carboxylic acids is 1. The predicted octanol–water partition coefficient (Wildman–Crippen LogP) is 3.76. The Hall–Kier alpha value is -4.01. The van der Waals surface area contributed by atoms with Crippen molar-refractivity contribution in [3.63, 3.8) is 0 Å². The van der Waals surface area contributed by atoms with Crippen LogP contribution in [0, 0.1) is 5.82 Å². The van der Waals surface area contributed by atoms with Crippen molar-refractivity contribution >= 4 is 23.7 Å². The van der Waals surface area contributed by atoms with Crippen LogP contribution in [0.5, 0.6) is 5.75 Å². The molecule has 0 amide bonds. The predicted molar refractivity (Wildman–Crippen MR) is 159 cm³/mol. The van der Waals surface area contributed by atoms with Gasteiger partial charge in [0, 0.05) is 31.4 Å². The van der Waals surface area contributed by atoms with E-state index in [2.05, 4.69) is 4.90 Å². The summed E-state index contributed by atoms with van der Waals surface area (Å²) in [4.78, 5) is 29.8. The van der Waals surface area contributed by atoms with E-state index >= 15 is 0 Å². The maximum atomic E-state index is 14.0. The highest BCUT2D eigenvalue weighted by Gasteiger charge is 2.24. The quantitative estimate of drug-likeness (QED) is 0.352. The van der Waals surface area contributed by atoms with Gasteiger partial charge in [-0.05, 0) is 48.3 Å². The van der Waals surface area contributed by atoms with Crippen LogP contribution >= 0.6 is 0 Å². The number of hydrogen-bond acceptors (Lipinski definition) is 6. The Kier molecular flexibility index (Phi) is 10.6. The van der Waals surface area contributed by atoms with E-state index in [-0.39, 0.29) is 23.7 Å². The Labute approximate surface area is 239 Å². The van der Waals surface area contributed by atoms with Crippen molar-refractivity contribution in [2.24, 2.45) is 0 Å². The number of carbonyl (C=O) groups is 1. The third-order valence-electron chi connectivity index (χ3n) is 7.05. The molecular weight excluding hydrogens is 523 g/mol. The molecule has 0 aliphatic carbocycles. The van der Waals surface area contributed by atoms with Crippen LogP contribution in [0.2, 0.25) is 0 Å². The van der Waals surface area contributed by atoms with E-state index in [0.717, 1.165) is 29.8 Å². The van der Waals surface area contributed by atoms with Crippen molar-refractivity contribution in [3.05, 3.63) is 104 Å². The summed E-state index contributed by atoms with van der Waals surface area (Å²) in [6, 6.07) is 15.5. The number of esters is 1. The average molecular weight is 561 g/mol. The Bertz CT molecular complexity index is 1540. The molecule has 41 heavy (non-hydrogen) atoms. The van der Waals surface area contributed by atoms with E-state index in [1.165, 1.54) is 19.2 Å². The van der Waals surface area contributed by atoms with Crippen LogP contribution in [0.1, 0.15) is 41.8 Å². The second kappa shape index (κ2) is 14.6. The molecule has 4 rings (SSSR count). The first-order valence-corrected chi connectivity index (χ1v) is 13.9. The molecule has 1 fully saturated rings. The van der Waals surface area contributed by atoms with Crippen molar-refractivity contribution in [1.82, 2.24) is 9.47 Å². The summed E-state index contributed by atoms with van der Waals surface area (Å²) in [6.07, 6.45) is 6.40. The largest absolute Gasteiger partial charge is 0.495 e. The Morgan fingerprint density at radius 3 is 2.39 bits per heavy atom. The summed E-state index contributed by atoms with van der Waals surface area (Å²) in [5, 5.41) is 1.24. The first-order valence-electron chi connectivity index (χ1n) is 13.9. The van der Waals surface area contributed by atoms with Gasteiger partial charge in [0.05, 0.1) is 25.7 Å². The normalized spacial score (nSPS) is 15.3. The molecule has 0 unspecified atom stereocenters. The Balaban J connectivity index is 1.90. The van der Waals surface area contributed by atoms with Crippen LogP contribution in [-0.4, -0.2) is 55.4 Å². The van der Waals surface area contributed by atoms with Gasteiger partial charge < -0.3 is 18.8 Å². The average Bonchev–Trinajstić information content (AvgIpc) is 3.00. The molecule has 7 nitrogen and oxygen atoms in total. The lowest BCUT2D eigenvalue weighted by molar-refractivity contribution is 0.0361. The fraction of sp³-hybridized carbons (Fsp3) is 0.333. The number of allylic oxidation sites excluding steroid dienone is 2. The molecular formula is C33H37FN2O5. The van der Waals surface area contributed by atoms with E-state index in [9.17, 15) is 14.0 Å². The highest BCUT2D eigenvalue weighted by atomic mass is 19.1. The van der Waals surface area contributed by atoms with Gasteiger partial charge in [0.15, 0.2) is 5.56 Å². The summed E-state index contributed by atoms with van der Waals surface area (Å²) in [6.45, 7) is 7.72. The Morgan fingerprint density at radius 2 is 1.76 bits per heavy atom. The monoisotopic (exact) mass is 560 g/mol. The van der Waals surface area contributed by atoms with E-state index in [4.69, 9.17) is 14.2 Å². The van der Waals surface area contributed by atoms with E-state index in [0.29, 0.717) is 43.3 Å². The molecule has 216 valence electrons. The van der Waals surface area contributed by atoms with Crippen molar-refractivity contribution in [1.29, 1.82) is 0 Å². The maximum Gasteiger partial charge on any atom is 0.347 e. The Morgan fingerprint density at radius 1 is 1.05 bits per heavy atom. The molecule has 8 heteroatoms. The summed E-state index contributed by atoms with van der Waals surface area (Å²) >= 11 is 0. The smallest absolute Gasteiger partial charge is 0.347 e. The zero-order chi connectivity index (χ0) is 29.2. The van der Waals surface area contributed by atoms with Crippen molar-refractivity contribution in [3.8, 4) is 5.75 Å². The number of halogens is 1. The minimum Gasteiger partial charge on any atom is -0.495 e. The molecule has 3 aromatic rings. The lowest BCUT2D eigenvalue weighted by Gasteiger charge is -2.27. The molecule has 0 bridgehead atoms. The summed E-state index contributed by atoms with van der Waals surface area (Å²) in [5.41, 5.74) is 1.77. The van der Waals surface area contributed by atoms with Gasteiger partial charge >= 0.3 is 5.97 Å². The lowest BCUT2D eigenvalue weighted by atomic mass is 10.0.